The van der Waals surface area contributed by atoms with Crippen LogP contribution >= 0.6 is 11.8 Å². The maximum absolute atomic E-state index is 12.5. The van der Waals surface area contributed by atoms with E-state index in [1.54, 1.807) is 24.3 Å². The second kappa shape index (κ2) is 8.51. The molecule has 0 saturated heterocycles. The van der Waals surface area contributed by atoms with Gasteiger partial charge in [0.05, 0.1) is 11.4 Å². The molecule has 0 radical (unpaired) electrons. The highest BCUT2D eigenvalue weighted by molar-refractivity contribution is 7.98. The van der Waals surface area contributed by atoms with Gasteiger partial charge in [-0.3, -0.25) is 4.79 Å². The largest absolute Gasteiger partial charge is 0.325 e. The van der Waals surface area contributed by atoms with Crippen molar-refractivity contribution in [3.05, 3.63) is 54.1 Å². The summed E-state index contributed by atoms with van der Waals surface area (Å²) in [6, 6.07) is 14.1. The van der Waals surface area contributed by atoms with Crippen LogP contribution in [0.5, 0.6) is 0 Å². The van der Waals surface area contributed by atoms with Gasteiger partial charge >= 0.3 is 0 Å². The van der Waals surface area contributed by atoms with E-state index in [9.17, 15) is 13.2 Å². The lowest BCUT2D eigenvalue weighted by molar-refractivity contribution is -0.116. The quantitative estimate of drug-likeness (QED) is 0.751. The van der Waals surface area contributed by atoms with Crippen LogP contribution in [-0.2, 0) is 21.2 Å². The van der Waals surface area contributed by atoms with Crippen molar-refractivity contribution in [2.45, 2.75) is 23.1 Å². The lowest BCUT2D eigenvalue weighted by Crippen LogP contribution is -2.34. The van der Waals surface area contributed by atoms with Crippen molar-refractivity contribution in [3.8, 4) is 0 Å². The smallest absolute Gasteiger partial charge is 0.243 e. The molecule has 2 aromatic rings. The van der Waals surface area contributed by atoms with Crippen LogP contribution in [0.25, 0.3) is 0 Å². The van der Waals surface area contributed by atoms with Gasteiger partial charge in [-0.1, -0.05) is 19.1 Å². The molecule has 0 heterocycles. The molecule has 0 atom stereocenters. The number of rotatable bonds is 7. The molecule has 5 nitrogen and oxygen atoms in total. The van der Waals surface area contributed by atoms with Crippen molar-refractivity contribution in [1.82, 2.24) is 4.31 Å². The summed E-state index contributed by atoms with van der Waals surface area (Å²) in [5.74, 6) is -0.379. The van der Waals surface area contributed by atoms with Crippen LogP contribution in [0.2, 0.25) is 0 Å². The Morgan fingerprint density at radius 1 is 1.08 bits per heavy atom. The van der Waals surface area contributed by atoms with Gasteiger partial charge in [0.15, 0.2) is 0 Å². The number of amides is 1. The molecular weight excluding hydrogens is 356 g/mol. The monoisotopic (exact) mass is 378 g/mol. The zero-order valence-corrected chi connectivity index (χ0v) is 16.2. The maximum Gasteiger partial charge on any atom is 0.243 e. The highest BCUT2D eigenvalue weighted by Crippen LogP contribution is 2.20. The number of benzene rings is 2. The number of carbonyl (C=O) groups excluding carboxylic acids is 1. The molecule has 2 rings (SSSR count). The van der Waals surface area contributed by atoms with Crippen molar-refractivity contribution in [2.75, 3.05) is 25.2 Å². The summed E-state index contributed by atoms with van der Waals surface area (Å²) in [5.41, 5.74) is 1.82. The molecule has 0 aliphatic heterocycles. The number of likely N-dealkylation sites (N-methyl/N-ethyl adjacent to an activating group) is 1. The Kier molecular flexibility index (Phi) is 6.64. The van der Waals surface area contributed by atoms with Gasteiger partial charge in [-0.2, -0.15) is 4.31 Å². The lowest BCUT2D eigenvalue weighted by atomic mass is 10.1. The highest BCUT2D eigenvalue weighted by Gasteiger charge is 2.22. The summed E-state index contributed by atoms with van der Waals surface area (Å²) in [6.07, 6.45) is 2.84. The first-order valence-electron chi connectivity index (χ1n) is 7.86. The van der Waals surface area contributed by atoms with Crippen LogP contribution in [0.4, 0.5) is 5.69 Å². The number of carbonyl (C=O) groups is 1. The first-order chi connectivity index (χ1) is 11.9. The topological polar surface area (TPSA) is 66.5 Å². The molecule has 25 heavy (non-hydrogen) atoms. The van der Waals surface area contributed by atoms with Gasteiger partial charge < -0.3 is 5.32 Å². The van der Waals surface area contributed by atoms with Crippen LogP contribution in [0, 0.1) is 0 Å². The molecule has 1 amide bonds. The fourth-order valence-corrected chi connectivity index (χ4v) is 3.77. The molecule has 2 aromatic carbocycles. The average molecular weight is 379 g/mol. The number of hydrogen-bond acceptors (Lipinski definition) is 4. The number of thioether (sulfide) groups is 1. The number of nitrogens with one attached hydrogen (secondary N) is 1. The summed E-state index contributed by atoms with van der Waals surface area (Å²) in [7, 11) is -2.30. The number of nitrogens with zero attached hydrogens (tertiary/aromatic N) is 1. The molecule has 134 valence electrons. The van der Waals surface area contributed by atoms with Crippen molar-refractivity contribution < 1.29 is 13.2 Å². The van der Waals surface area contributed by atoms with Gasteiger partial charge in [0.1, 0.15) is 0 Å². The van der Waals surface area contributed by atoms with E-state index in [1.807, 2.05) is 30.5 Å². The fourth-order valence-electron chi connectivity index (χ4n) is 2.24. The number of anilines is 1. The molecule has 0 fully saturated rings. The third-order valence-electron chi connectivity index (χ3n) is 3.78. The fraction of sp³-hybridized carbons (Fsp3) is 0.278. The Hall–Kier alpha value is -1.83. The predicted octanol–water partition coefficient (Wildman–Crippen LogP) is 3.23. The molecule has 0 aliphatic carbocycles. The number of aryl methyl sites for hydroxylation is 1. The third kappa shape index (κ3) is 5.07. The lowest BCUT2D eigenvalue weighted by Gasteiger charge is -2.17. The molecule has 0 aliphatic rings. The Labute approximate surface area is 153 Å². The summed E-state index contributed by atoms with van der Waals surface area (Å²) in [4.78, 5) is 13.3. The molecule has 0 unspecified atom stereocenters. The molecule has 0 spiro atoms. The summed E-state index contributed by atoms with van der Waals surface area (Å²) >= 11 is 1.54. The van der Waals surface area contributed by atoms with Gasteiger partial charge in [-0.15, -0.1) is 11.8 Å². The molecule has 0 aromatic heterocycles. The zero-order chi connectivity index (χ0) is 18.4. The van der Waals surface area contributed by atoms with Crippen molar-refractivity contribution >= 4 is 33.4 Å². The van der Waals surface area contributed by atoms with Gasteiger partial charge in [0, 0.05) is 17.6 Å². The maximum atomic E-state index is 12.5. The predicted molar refractivity (Wildman–Crippen MR) is 102 cm³/mol. The standard InChI is InChI=1S/C18H22N2O3S2/c1-4-14-5-7-15(8-6-14)19-18(21)13-20(2)25(22,23)17-11-9-16(24-3)10-12-17/h5-12H,4,13H2,1-3H3,(H,19,21). The first-order valence-corrected chi connectivity index (χ1v) is 10.5. The zero-order valence-electron chi connectivity index (χ0n) is 14.5. The van der Waals surface area contributed by atoms with Crippen molar-refractivity contribution in [1.29, 1.82) is 0 Å². The first kappa shape index (κ1) is 19.5. The molecule has 0 bridgehead atoms. The molecular formula is C18H22N2O3S2. The summed E-state index contributed by atoms with van der Waals surface area (Å²) in [6.45, 7) is 1.81. The van der Waals surface area contributed by atoms with Gasteiger partial charge in [-0.25, -0.2) is 8.42 Å². The Morgan fingerprint density at radius 2 is 1.68 bits per heavy atom. The van der Waals surface area contributed by atoms with Crippen molar-refractivity contribution in [2.24, 2.45) is 0 Å². The average Bonchev–Trinajstić information content (AvgIpc) is 2.62. The van der Waals surface area contributed by atoms with E-state index >= 15 is 0 Å². The Balaban J connectivity index is 2.03. The number of hydrogen-bond donors (Lipinski definition) is 1. The van der Waals surface area contributed by atoms with E-state index in [4.69, 9.17) is 0 Å². The minimum Gasteiger partial charge on any atom is -0.325 e. The van der Waals surface area contributed by atoms with Crippen LogP contribution in [0.1, 0.15) is 12.5 Å². The van der Waals surface area contributed by atoms with Crippen LogP contribution in [0.3, 0.4) is 0 Å². The molecule has 1 N–H and O–H groups in total. The van der Waals surface area contributed by atoms with Crippen LogP contribution in [-0.4, -0.2) is 38.5 Å². The normalized spacial score (nSPS) is 11.5. The minimum atomic E-state index is -3.70. The third-order valence-corrected chi connectivity index (χ3v) is 6.34. The minimum absolute atomic E-state index is 0.174. The van der Waals surface area contributed by atoms with E-state index in [-0.39, 0.29) is 17.3 Å². The molecule has 0 saturated carbocycles. The second-order valence-corrected chi connectivity index (χ2v) is 8.46. The van der Waals surface area contributed by atoms with Crippen LogP contribution in [0.15, 0.2) is 58.3 Å². The van der Waals surface area contributed by atoms with E-state index < -0.39 is 10.0 Å². The van der Waals surface area contributed by atoms with Gasteiger partial charge in [0.2, 0.25) is 15.9 Å². The Bertz CT molecular complexity index is 816. The SMILES string of the molecule is CCc1ccc(NC(=O)CN(C)S(=O)(=O)c2ccc(SC)cc2)cc1. The van der Waals surface area contributed by atoms with Gasteiger partial charge in [0.25, 0.3) is 0 Å². The van der Waals surface area contributed by atoms with E-state index in [2.05, 4.69) is 12.2 Å². The summed E-state index contributed by atoms with van der Waals surface area (Å²) in [5, 5.41) is 2.72. The van der Waals surface area contributed by atoms with E-state index in [0.717, 1.165) is 15.6 Å². The second-order valence-electron chi connectivity index (χ2n) is 5.54. The van der Waals surface area contributed by atoms with Gasteiger partial charge in [-0.05, 0) is 54.6 Å². The van der Waals surface area contributed by atoms with Crippen LogP contribution < -0.4 is 5.32 Å². The highest BCUT2D eigenvalue weighted by atomic mass is 32.2. The summed E-state index contributed by atoms with van der Waals surface area (Å²) < 4.78 is 26.1. The number of sulfonamides is 1. The molecule has 7 heteroatoms. The Morgan fingerprint density at radius 3 is 2.20 bits per heavy atom. The van der Waals surface area contributed by atoms with E-state index in [1.165, 1.54) is 24.4 Å². The van der Waals surface area contributed by atoms with Crippen molar-refractivity contribution in [3.63, 3.8) is 0 Å². The van der Waals surface area contributed by atoms with E-state index in [0.29, 0.717) is 5.69 Å².